The number of hydrogen-bond donors (Lipinski definition) is 0. The number of nitrogens with zero attached hydrogens (tertiary/aromatic N) is 3. The molecule has 0 aliphatic carbocycles. The molecule has 268 valence electrons. The second kappa shape index (κ2) is 13.5. The van der Waals surface area contributed by atoms with Crippen molar-refractivity contribution in [2.75, 3.05) is 0 Å². The van der Waals surface area contributed by atoms with Crippen molar-refractivity contribution in [2.45, 2.75) is 6.92 Å². The lowest BCUT2D eigenvalue weighted by Gasteiger charge is -2.10. The van der Waals surface area contributed by atoms with Crippen LogP contribution in [0.2, 0.25) is 0 Å². The summed E-state index contributed by atoms with van der Waals surface area (Å²) in [5.74, 6) is 1.83. The zero-order valence-electron chi connectivity index (χ0n) is 31.0. The van der Waals surface area contributed by atoms with Gasteiger partial charge >= 0.3 is 0 Å². The Kier molecular flexibility index (Phi) is 7.86. The predicted octanol–water partition coefficient (Wildman–Crippen LogP) is 14.7. The van der Waals surface area contributed by atoms with Crippen LogP contribution in [-0.2, 0) is 0 Å². The van der Waals surface area contributed by atoms with Gasteiger partial charge < -0.3 is 4.42 Å². The molecule has 5 heteroatoms. The van der Waals surface area contributed by atoms with E-state index in [0.29, 0.717) is 17.5 Å². The first-order valence-corrected chi connectivity index (χ1v) is 19.9. The van der Waals surface area contributed by atoms with Crippen molar-refractivity contribution in [3.8, 4) is 56.4 Å². The molecule has 3 heterocycles. The van der Waals surface area contributed by atoms with Crippen LogP contribution in [0.1, 0.15) is 12.5 Å². The monoisotopic (exact) mass is 747 g/mol. The lowest BCUT2D eigenvalue weighted by atomic mass is 9.98. The minimum Gasteiger partial charge on any atom is -0.455 e. The average Bonchev–Trinajstić information content (AvgIpc) is 3.85. The number of allylic oxidation sites excluding steroid dienone is 1. The largest absolute Gasteiger partial charge is 0.455 e. The molecule has 4 nitrogen and oxygen atoms in total. The summed E-state index contributed by atoms with van der Waals surface area (Å²) < 4.78 is 9.32. The smallest absolute Gasteiger partial charge is 0.164 e. The van der Waals surface area contributed by atoms with Gasteiger partial charge in [-0.2, -0.15) is 0 Å². The summed E-state index contributed by atoms with van der Waals surface area (Å²) in [6, 6.07) is 59.6. The van der Waals surface area contributed by atoms with Gasteiger partial charge in [0.1, 0.15) is 11.2 Å². The van der Waals surface area contributed by atoms with Gasteiger partial charge in [0.2, 0.25) is 0 Å². The van der Waals surface area contributed by atoms with E-state index in [9.17, 15) is 0 Å². The Morgan fingerprint density at radius 2 is 1.12 bits per heavy atom. The number of aromatic nitrogens is 3. The van der Waals surface area contributed by atoms with E-state index in [0.717, 1.165) is 55.3 Å². The second-order valence-corrected chi connectivity index (χ2v) is 15.4. The molecule has 8 aromatic carbocycles. The summed E-state index contributed by atoms with van der Waals surface area (Å²) in [7, 11) is 0. The van der Waals surface area contributed by atoms with Crippen LogP contribution in [-0.4, -0.2) is 15.0 Å². The van der Waals surface area contributed by atoms with Crippen LogP contribution in [0.15, 0.2) is 180 Å². The van der Waals surface area contributed by atoms with Gasteiger partial charge in [-0.3, -0.25) is 0 Å². The molecule has 0 saturated heterocycles. The topological polar surface area (TPSA) is 51.8 Å². The fourth-order valence-corrected chi connectivity index (χ4v) is 9.36. The van der Waals surface area contributed by atoms with Gasteiger partial charge in [-0.25, -0.2) is 15.0 Å². The molecule has 0 amide bonds. The number of para-hydroxylation sites is 1. The van der Waals surface area contributed by atoms with Gasteiger partial charge in [0, 0.05) is 53.2 Å². The first-order chi connectivity index (χ1) is 28.2. The van der Waals surface area contributed by atoms with E-state index in [2.05, 4.69) is 140 Å². The minimum absolute atomic E-state index is 0.596. The number of hydrogen-bond acceptors (Lipinski definition) is 5. The van der Waals surface area contributed by atoms with Crippen LogP contribution >= 0.6 is 11.3 Å². The molecule has 0 saturated carbocycles. The Morgan fingerprint density at radius 1 is 0.456 bits per heavy atom. The summed E-state index contributed by atoms with van der Waals surface area (Å²) in [5, 5.41) is 7.16. The third-order valence-corrected chi connectivity index (χ3v) is 12.0. The van der Waals surface area contributed by atoms with Crippen molar-refractivity contribution in [1.82, 2.24) is 15.0 Å². The van der Waals surface area contributed by atoms with E-state index in [4.69, 9.17) is 19.4 Å². The van der Waals surface area contributed by atoms with Crippen LogP contribution in [0.4, 0.5) is 0 Å². The van der Waals surface area contributed by atoms with Gasteiger partial charge in [0.15, 0.2) is 17.5 Å². The van der Waals surface area contributed by atoms with Crippen LogP contribution in [0.25, 0.3) is 115 Å². The molecule has 57 heavy (non-hydrogen) atoms. The predicted molar refractivity (Wildman–Crippen MR) is 239 cm³/mol. The zero-order chi connectivity index (χ0) is 37.9. The minimum atomic E-state index is 0.596. The lowest BCUT2D eigenvalue weighted by Crippen LogP contribution is -2.00. The number of rotatable bonds is 6. The van der Waals surface area contributed by atoms with Gasteiger partial charge in [0.25, 0.3) is 0 Å². The van der Waals surface area contributed by atoms with Gasteiger partial charge in [0.05, 0.1) is 0 Å². The van der Waals surface area contributed by atoms with E-state index < -0.39 is 0 Å². The molecule has 0 spiro atoms. The maximum absolute atomic E-state index is 6.77. The molecular formula is C52H33N3OS. The first-order valence-electron chi connectivity index (χ1n) is 19.1. The van der Waals surface area contributed by atoms with E-state index in [-0.39, 0.29) is 0 Å². The van der Waals surface area contributed by atoms with Crippen LogP contribution < -0.4 is 0 Å². The van der Waals surface area contributed by atoms with E-state index in [1.165, 1.54) is 42.1 Å². The average molecular weight is 748 g/mol. The van der Waals surface area contributed by atoms with E-state index in [1.807, 2.05) is 60.7 Å². The molecule has 11 rings (SSSR count). The summed E-state index contributed by atoms with van der Waals surface area (Å²) in [4.78, 5) is 15.3. The normalized spacial score (nSPS) is 11.9. The maximum Gasteiger partial charge on any atom is 0.164 e. The zero-order valence-corrected chi connectivity index (χ0v) is 31.8. The third kappa shape index (κ3) is 5.63. The Bertz CT molecular complexity index is 3360. The van der Waals surface area contributed by atoms with Gasteiger partial charge in [-0.1, -0.05) is 164 Å². The fourth-order valence-electron chi connectivity index (χ4n) is 8.20. The van der Waals surface area contributed by atoms with Crippen LogP contribution in [0.5, 0.6) is 0 Å². The van der Waals surface area contributed by atoms with Crippen molar-refractivity contribution in [1.29, 1.82) is 0 Å². The molecular weight excluding hydrogens is 715 g/mol. The molecule has 0 bridgehead atoms. The molecule has 0 aliphatic heterocycles. The Balaban J connectivity index is 1.05. The van der Waals surface area contributed by atoms with E-state index in [1.54, 1.807) is 0 Å². The molecule has 3 aromatic heterocycles. The lowest BCUT2D eigenvalue weighted by molar-refractivity contribution is 0.670. The highest BCUT2D eigenvalue weighted by atomic mass is 32.1. The van der Waals surface area contributed by atoms with Crippen molar-refractivity contribution < 1.29 is 4.42 Å². The van der Waals surface area contributed by atoms with Gasteiger partial charge in [-0.15, -0.1) is 11.3 Å². The Labute approximate surface area is 333 Å². The number of benzene rings is 8. The summed E-state index contributed by atoms with van der Waals surface area (Å²) in [5.41, 5.74) is 10.0. The highest BCUT2D eigenvalue weighted by Crippen LogP contribution is 2.44. The SMILES string of the molecule is C/C=C\c1ccccc1-c1ccc(-c2nc(-c3ccccc3)nc(-c3cccc4oc5c(-c6ccc7c(c6)sc6ccc8ccccc8c67)cccc5c34)n2)cc1. The van der Waals surface area contributed by atoms with Crippen molar-refractivity contribution in [2.24, 2.45) is 0 Å². The van der Waals surface area contributed by atoms with Crippen molar-refractivity contribution >= 4 is 70.3 Å². The van der Waals surface area contributed by atoms with Crippen LogP contribution in [0.3, 0.4) is 0 Å². The second-order valence-electron chi connectivity index (χ2n) is 14.3. The van der Waals surface area contributed by atoms with E-state index >= 15 is 0 Å². The third-order valence-electron chi connectivity index (χ3n) is 10.9. The quantitative estimate of drug-likeness (QED) is 0.170. The molecule has 0 N–H and O–H groups in total. The Morgan fingerprint density at radius 3 is 1.98 bits per heavy atom. The molecule has 0 atom stereocenters. The summed E-state index contributed by atoms with van der Waals surface area (Å²) >= 11 is 1.84. The maximum atomic E-state index is 6.77. The van der Waals surface area contributed by atoms with Crippen LogP contribution in [0, 0.1) is 0 Å². The molecule has 0 unspecified atom stereocenters. The fraction of sp³-hybridized carbons (Fsp3) is 0.0192. The number of thiophene rings is 1. The number of furan rings is 1. The molecule has 0 radical (unpaired) electrons. The molecule has 0 fully saturated rings. The highest BCUT2D eigenvalue weighted by molar-refractivity contribution is 7.26. The summed E-state index contributed by atoms with van der Waals surface area (Å²) in [6.45, 7) is 2.04. The standard InChI is InChI=1S/C52H33N3OS/c1-2-12-32-13-6-8-17-38(32)34-23-25-36(26-24-34)51-53-50(35-15-4-3-5-16-35)54-52(55-51)43-21-11-22-44-47(43)42-20-10-19-40(49(42)56-44)37-27-29-41-46(31-37)57-45-30-28-33-14-7-9-18-39(33)48(41)45/h2-31H,1H3/b12-2-. The Hall–Kier alpha value is -7.21. The molecule has 11 aromatic rings. The van der Waals surface area contributed by atoms with Crippen molar-refractivity contribution in [3.05, 3.63) is 181 Å². The highest BCUT2D eigenvalue weighted by Gasteiger charge is 2.20. The first kappa shape index (κ1) is 33.2. The van der Waals surface area contributed by atoms with Crippen molar-refractivity contribution in [3.63, 3.8) is 0 Å². The number of fused-ring (bicyclic) bond motifs is 8. The van der Waals surface area contributed by atoms with Gasteiger partial charge in [-0.05, 0) is 58.1 Å². The molecule has 0 aliphatic rings. The summed E-state index contributed by atoms with van der Waals surface area (Å²) in [6.07, 6.45) is 4.21.